The van der Waals surface area contributed by atoms with Gasteiger partial charge in [0.15, 0.2) is 10.9 Å². The van der Waals surface area contributed by atoms with Crippen molar-refractivity contribution < 1.29 is 9.21 Å². The first-order valence-electron chi connectivity index (χ1n) is 10.1. The van der Waals surface area contributed by atoms with Gasteiger partial charge in [-0.2, -0.15) is 0 Å². The summed E-state index contributed by atoms with van der Waals surface area (Å²) in [5.74, 6) is 2.21. The zero-order valence-corrected chi connectivity index (χ0v) is 17.5. The zero-order chi connectivity index (χ0) is 20.2. The molecule has 3 aromatic rings. The zero-order valence-electron chi connectivity index (χ0n) is 16.6. The molecule has 2 aromatic heterocycles. The number of allylic oxidation sites excluding steroid dienone is 1. The summed E-state index contributed by atoms with van der Waals surface area (Å²) in [4.78, 5) is 12.5. The molecule has 2 heterocycles. The van der Waals surface area contributed by atoms with E-state index >= 15 is 0 Å². The van der Waals surface area contributed by atoms with Crippen molar-refractivity contribution in [1.29, 1.82) is 0 Å². The Hall–Kier alpha value is -2.54. The van der Waals surface area contributed by atoms with Crippen LogP contribution in [-0.4, -0.2) is 32.5 Å². The van der Waals surface area contributed by atoms with E-state index in [0.29, 0.717) is 35.0 Å². The summed E-state index contributed by atoms with van der Waals surface area (Å²) >= 11 is 1.40. The molecule has 152 valence electrons. The summed E-state index contributed by atoms with van der Waals surface area (Å²) in [6.07, 6.45) is 6.50. The molecule has 0 radical (unpaired) electrons. The number of amides is 1. The maximum atomic E-state index is 12.5. The second-order valence-electron chi connectivity index (χ2n) is 7.58. The summed E-state index contributed by atoms with van der Waals surface area (Å²) in [5, 5.41) is 13.5. The Morgan fingerprint density at radius 2 is 2.17 bits per heavy atom. The number of rotatable bonds is 7. The van der Waals surface area contributed by atoms with Crippen LogP contribution in [0, 0.1) is 5.92 Å². The molecule has 0 aliphatic heterocycles. The van der Waals surface area contributed by atoms with Gasteiger partial charge in [-0.25, -0.2) is 0 Å². The molecule has 1 fully saturated rings. The van der Waals surface area contributed by atoms with Crippen molar-refractivity contribution in [2.24, 2.45) is 5.92 Å². The fourth-order valence-corrected chi connectivity index (χ4v) is 4.63. The Labute approximate surface area is 174 Å². The number of aromatic nitrogens is 3. The van der Waals surface area contributed by atoms with Crippen molar-refractivity contribution in [2.45, 2.75) is 50.4 Å². The lowest BCUT2D eigenvalue weighted by molar-refractivity contribution is -0.119. The number of nitrogens with one attached hydrogen (secondary N) is 1. The normalized spacial score (nSPS) is 19.3. The molecule has 7 heteroatoms. The highest BCUT2D eigenvalue weighted by molar-refractivity contribution is 7.99. The summed E-state index contributed by atoms with van der Waals surface area (Å²) in [5.41, 5.74) is 0.811. The molecule has 1 aliphatic rings. The largest absolute Gasteiger partial charge is 0.453 e. The molecule has 2 atom stereocenters. The molecule has 6 nitrogen and oxygen atoms in total. The van der Waals surface area contributed by atoms with Crippen LogP contribution in [0.3, 0.4) is 0 Å². The number of benzene rings is 1. The SMILES string of the molecule is C=CCn1c(SCC(=O)N[C@H]2CCCC[C@H]2C)nnc1-c1cc2ccccc2o1. The molecule has 1 N–H and O–H groups in total. The van der Waals surface area contributed by atoms with Gasteiger partial charge in [0.05, 0.1) is 5.75 Å². The van der Waals surface area contributed by atoms with Crippen LogP contribution < -0.4 is 5.32 Å². The van der Waals surface area contributed by atoms with Crippen LogP contribution in [-0.2, 0) is 11.3 Å². The molecular weight excluding hydrogens is 384 g/mol. The summed E-state index contributed by atoms with van der Waals surface area (Å²) in [7, 11) is 0. The molecule has 0 bridgehead atoms. The lowest BCUT2D eigenvalue weighted by atomic mass is 9.86. The fraction of sp³-hybridized carbons (Fsp3) is 0.409. The Bertz CT molecular complexity index is 976. The average Bonchev–Trinajstić information content (AvgIpc) is 3.32. The maximum Gasteiger partial charge on any atom is 0.230 e. The molecule has 1 aromatic carbocycles. The van der Waals surface area contributed by atoms with E-state index in [-0.39, 0.29) is 11.9 Å². The van der Waals surface area contributed by atoms with Crippen molar-refractivity contribution in [1.82, 2.24) is 20.1 Å². The predicted octanol–water partition coefficient (Wildman–Crippen LogP) is 4.66. The number of thioether (sulfide) groups is 1. The number of carbonyl (C=O) groups is 1. The molecule has 1 saturated carbocycles. The highest BCUT2D eigenvalue weighted by atomic mass is 32.2. The number of hydrogen-bond donors (Lipinski definition) is 1. The van der Waals surface area contributed by atoms with Gasteiger partial charge in [-0.05, 0) is 30.9 Å². The molecule has 0 spiro atoms. The monoisotopic (exact) mass is 410 g/mol. The number of fused-ring (bicyclic) bond motifs is 1. The summed E-state index contributed by atoms with van der Waals surface area (Å²) in [6.45, 7) is 6.60. The van der Waals surface area contributed by atoms with Gasteiger partial charge >= 0.3 is 0 Å². The highest BCUT2D eigenvalue weighted by Gasteiger charge is 2.23. The van der Waals surface area contributed by atoms with Crippen LogP contribution in [0.25, 0.3) is 22.6 Å². The number of hydrogen-bond acceptors (Lipinski definition) is 5. The molecule has 0 unspecified atom stereocenters. The Morgan fingerprint density at radius 1 is 1.34 bits per heavy atom. The number of nitrogens with zero attached hydrogens (tertiary/aromatic N) is 3. The number of carbonyl (C=O) groups excluding carboxylic acids is 1. The van der Waals surface area contributed by atoms with E-state index in [1.807, 2.05) is 34.9 Å². The van der Waals surface area contributed by atoms with Gasteiger partial charge in [0, 0.05) is 18.0 Å². The topological polar surface area (TPSA) is 73.0 Å². The van der Waals surface area contributed by atoms with Gasteiger partial charge in [-0.3, -0.25) is 9.36 Å². The van der Waals surface area contributed by atoms with Crippen molar-refractivity contribution in [2.75, 3.05) is 5.75 Å². The van der Waals surface area contributed by atoms with Crippen molar-refractivity contribution in [3.8, 4) is 11.6 Å². The second kappa shape index (κ2) is 8.86. The van der Waals surface area contributed by atoms with E-state index in [2.05, 4.69) is 29.0 Å². The number of para-hydroxylation sites is 1. The lowest BCUT2D eigenvalue weighted by Gasteiger charge is -2.29. The van der Waals surface area contributed by atoms with Gasteiger partial charge in [-0.15, -0.1) is 16.8 Å². The van der Waals surface area contributed by atoms with E-state index in [9.17, 15) is 4.79 Å². The van der Waals surface area contributed by atoms with Crippen LogP contribution in [0.15, 0.2) is 52.6 Å². The van der Waals surface area contributed by atoms with Crippen LogP contribution in [0.1, 0.15) is 32.6 Å². The first kappa shape index (κ1) is 19.8. The molecule has 1 aliphatic carbocycles. The van der Waals surface area contributed by atoms with Crippen LogP contribution in [0.4, 0.5) is 0 Å². The van der Waals surface area contributed by atoms with Gasteiger partial charge in [-0.1, -0.05) is 55.8 Å². The second-order valence-corrected chi connectivity index (χ2v) is 8.52. The summed E-state index contributed by atoms with van der Waals surface area (Å²) in [6, 6.07) is 10.1. The Kier molecular flexibility index (Phi) is 6.04. The third kappa shape index (κ3) is 4.40. The van der Waals surface area contributed by atoms with Crippen molar-refractivity contribution in [3.63, 3.8) is 0 Å². The quantitative estimate of drug-likeness (QED) is 0.453. The fourth-order valence-electron chi connectivity index (χ4n) is 3.87. The van der Waals surface area contributed by atoms with Gasteiger partial charge in [0.1, 0.15) is 5.58 Å². The third-order valence-electron chi connectivity index (χ3n) is 5.46. The smallest absolute Gasteiger partial charge is 0.230 e. The Balaban J connectivity index is 1.47. The van der Waals surface area contributed by atoms with E-state index in [1.54, 1.807) is 6.08 Å². The van der Waals surface area contributed by atoms with Gasteiger partial charge < -0.3 is 9.73 Å². The van der Waals surface area contributed by atoms with Crippen LogP contribution >= 0.6 is 11.8 Å². The molecule has 4 rings (SSSR count). The van der Waals surface area contributed by atoms with Crippen LogP contribution in [0.2, 0.25) is 0 Å². The maximum absolute atomic E-state index is 12.5. The lowest BCUT2D eigenvalue weighted by Crippen LogP contribution is -2.41. The minimum Gasteiger partial charge on any atom is -0.453 e. The van der Waals surface area contributed by atoms with E-state index in [1.165, 1.54) is 31.0 Å². The van der Waals surface area contributed by atoms with E-state index in [4.69, 9.17) is 4.42 Å². The third-order valence-corrected chi connectivity index (χ3v) is 6.43. The molecule has 29 heavy (non-hydrogen) atoms. The first-order chi connectivity index (χ1) is 14.2. The molecular formula is C22H26N4O2S. The van der Waals surface area contributed by atoms with Crippen molar-refractivity contribution in [3.05, 3.63) is 43.0 Å². The minimum absolute atomic E-state index is 0.0483. The molecule has 0 saturated heterocycles. The average molecular weight is 411 g/mol. The van der Waals surface area contributed by atoms with Gasteiger partial charge in [0.25, 0.3) is 0 Å². The van der Waals surface area contributed by atoms with E-state index < -0.39 is 0 Å². The highest BCUT2D eigenvalue weighted by Crippen LogP contribution is 2.29. The molecule has 1 amide bonds. The van der Waals surface area contributed by atoms with E-state index in [0.717, 1.165) is 17.4 Å². The van der Waals surface area contributed by atoms with Crippen molar-refractivity contribution >= 4 is 28.6 Å². The predicted molar refractivity (Wildman–Crippen MR) is 116 cm³/mol. The van der Waals surface area contributed by atoms with Gasteiger partial charge in [0.2, 0.25) is 11.7 Å². The Morgan fingerprint density at radius 3 is 2.97 bits per heavy atom. The van der Waals surface area contributed by atoms with Crippen LogP contribution in [0.5, 0.6) is 0 Å². The number of furan rings is 1. The minimum atomic E-state index is 0.0483. The standard InChI is InChI=1S/C22H26N4O2S/c1-3-12-26-21(19-13-16-9-5-7-11-18(16)28-19)24-25-22(26)29-14-20(27)23-17-10-6-4-8-15(17)2/h3,5,7,9,11,13,15,17H,1,4,6,8,10,12,14H2,2H3,(H,23,27)/t15-,17+/m1/s1. The summed E-state index contributed by atoms with van der Waals surface area (Å²) < 4.78 is 7.88. The first-order valence-corrected chi connectivity index (χ1v) is 11.1.